The number of nitrogens with one attached hydrogen (secondary N) is 1. The van der Waals surface area contributed by atoms with Crippen molar-refractivity contribution in [3.63, 3.8) is 0 Å². The molecule has 2 rings (SSSR count). The highest BCUT2D eigenvalue weighted by Gasteiger charge is 2.18. The van der Waals surface area contributed by atoms with Gasteiger partial charge in [-0.1, -0.05) is 26.8 Å². The van der Waals surface area contributed by atoms with Gasteiger partial charge in [0.25, 0.3) is 0 Å². The summed E-state index contributed by atoms with van der Waals surface area (Å²) in [6.45, 7) is 8.17. The Morgan fingerprint density at radius 1 is 1.25 bits per heavy atom. The van der Waals surface area contributed by atoms with Gasteiger partial charge < -0.3 is 10.1 Å². The maximum absolute atomic E-state index is 5.98. The standard InChI is InChI=1S/C17H28N2O/c1-13(2)18-10-15-6-7-16(19-11-15)12-20-17-8-4-14(3)5-9-17/h6-7,11,13-14,17-18H,4-5,8-10,12H2,1-3H3. The predicted molar refractivity (Wildman–Crippen MR) is 82.4 cm³/mol. The van der Waals surface area contributed by atoms with E-state index in [0.29, 0.717) is 18.8 Å². The van der Waals surface area contributed by atoms with Gasteiger partial charge in [0, 0.05) is 18.8 Å². The second kappa shape index (κ2) is 7.75. The Morgan fingerprint density at radius 3 is 2.60 bits per heavy atom. The van der Waals surface area contributed by atoms with E-state index in [1.165, 1.54) is 31.2 Å². The molecule has 1 aromatic heterocycles. The molecule has 1 aromatic rings. The molecule has 1 fully saturated rings. The Bertz CT molecular complexity index is 380. The topological polar surface area (TPSA) is 34.1 Å². The highest BCUT2D eigenvalue weighted by molar-refractivity contribution is 5.13. The third-order valence-corrected chi connectivity index (χ3v) is 4.03. The second-order valence-corrected chi connectivity index (χ2v) is 6.39. The first-order valence-electron chi connectivity index (χ1n) is 7.92. The van der Waals surface area contributed by atoms with Crippen LogP contribution in [0.3, 0.4) is 0 Å². The van der Waals surface area contributed by atoms with Crippen molar-refractivity contribution in [1.29, 1.82) is 0 Å². The van der Waals surface area contributed by atoms with Gasteiger partial charge in [-0.25, -0.2) is 0 Å². The fraction of sp³-hybridized carbons (Fsp3) is 0.706. The molecule has 0 amide bonds. The number of aromatic nitrogens is 1. The average molecular weight is 276 g/mol. The van der Waals surface area contributed by atoms with Crippen molar-refractivity contribution in [2.24, 2.45) is 5.92 Å². The SMILES string of the molecule is CC1CCC(OCc2ccc(CNC(C)C)cn2)CC1. The minimum Gasteiger partial charge on any atom is -0.372 e. The van der Waals surface area contributed by atoms with Gasteiger partial charge in [0.15, 0.2) is 0 Å². The van der Waals surface area contributed by atoms with Crippen LogP contribution in [-0.2, 0) is 17.9 Å². The van der Waals surface area contributed by atoms with Crippen LogP contribution in [0.15, 0.2) is 18.3 Å². The van der Waals surface area contributed by atoms with Crippen molar-refractivity contribution < 1.29 is 4.74 Å². The Labute approximate surface area is 123 Å². The van der Waals surface area contributed by atoms with Crippen LogP contribution in [0.2, 0.25) is 0 Å². The van der Waals surface area contributed by atoms with Gasteiger partial charge in [-0.2, -0.15) is 0 Å². The summed E-state index contributed by atoms with van der Waals surface area (Å²) in [5.41, 5.74) is 2.27. The molecular formula is C17H28N2O. The zero-order chi connectivity index (χ0) is 14.4. The zero-order valence-corrected chi connectivity index (χ0v) is 13.1. The summed E-state index contributed by atoms with van der Waals surface area (Å²) in [7, 11) is 0. The zero-order valence-electron chi connectivity index (χ0n) is 13.1. The minimum atomic E-state index is 0.440. The van der Waals surface area contributed by atoms with Gasteiger partial charge in [0.05, 0.1) is 18.4 Å². The molecule has 20 heavy (non-hydrogen) atoms. The summed E-state index contributed by atoms with van der Waals surface area (Å²) < 4.78 is 5.98. The van der Waals surface area contributed by atoms with Crippen LogP contribution in [0, 0.1) is 5.92 Å². The van der Waals surface area contributed by atoms with E-state index in [9.17, 15) is 0 Å². The van der Waals surface area contributed by atoms with Crippen LogP contribution in [-0.4, -0.2) is 17.1 Å². The lowest BCUT2D eigenvalue weighted by Gasteiger charge is -2.26. The lowest BCUT2D eigenvalue weighted by molar-refractivity contribution is 0.00727. The lowest BCUT2D eigenvalue weighted by Crippen LogP contribution is -2.22. The molecular weight excluding hydrogens is 248 g/mol. The van der Waals surface area contributed by atoms with Gasteiger partial charge in [-0.05, 0) is 43.2 Å². The average Bonchev–Trinajstić information content (AvgIpc) is 2.45. The van der Waals surface area contributed by atoms with Gasteiger partial charge in [-0.3, -0.25) is 4.98 Å². The minimum absolute atomic E-state index is 0.440. The van der Waals surface area contributed by atoms with Crippen LogP contribution >= 0.6 is 0 Å². The first-order valence-corrected chi connectivity index (χ1v) is 7.92. The van der Waals surface area contributed by atoms with Gasteiger partial charge in [0.1, 0.15) is 0 Å². The summed E-state index contributed by atoms with van der Waals surface area (Å²) in [4.78, 5) is 4.49. The van der Waals surface area contributed by atoms with E-state index in [1.807, 2.05) is 6.20 Å². The van der Waals surface area contributed by atoms with Crippen LogP contribution in [0.5, 0.6) is 0 Å². The van der Waals surface area contributed by atoms with Crippen molar-refractivity contribution >= 4 is 0 Å². The number of ether oxygens (including phenoxy) is 1. The Morgan fingerprint density at radius 2 is 2.00 bits per heavy atom. The number of hydrogen-bond acceptors (Lipinski definition) is 3. The van der Waals surface area contributed by atoms with Gasteiger partial charge >= 0.3 is 0 Å². The van der Waals surface area contributed by atoms with Crippen LogP contribution in [0.25, 0.3) is 0 Å². The number of rotatable bonds is 6. The molecule has 3 heteroatoms. The maximum atomic E-state index is 5.98. The van der Waals surface area contributed by atoms with Crippen molar-refractivity contribution in [3.8, 4) is 0 Å². The van der Waals surface area contributed by atoms with Crippen molar-refractivity contribution in [2.45, 2.75) is 71.8 Å². The fourth-order valence-electron chi connectivity index (χ4n) is 2.57. The molecule has 1 N–H and O–H groups in total. The first kappa shape index (κ1) is 15.5. The molecule has 3 nitrogen and oxygen atoms in total. The molecule has 1 aliphatic carbocycles. The summed E-state index contributed by atoms with van der Waals surface area (Å²) >= 11 is 0. The number of hydrogen-bond donors (Lipinski definition) is 1. The quantitative estimate of drug-likeness (QED) is 0.860. The van der Waals surface area contributed by atoms with Crippen LogP contribution in [0.4, 0.5) is 0 Å². The Balaban J connectivity index is 1.73. The smallest absolute Gasteiger partial charge is 0.0891 e. The van der Waals surface area contributed by atoms with Gasteiger partial charge in [0.2, 0.25) is 0 Å². The summed E-state index contributed by atoms with van der Waals surface area (Å²) in [5.74, 6) is 0.876. The molecule has 0 radical (unpaired) electrons. The molecule has 1 aliphatic rings. The molecule has 0 unspecified atom stereocenters. The monoisotopic (exact) mass is 276 g/mol. The van der Waals surface area contributed by atoms with Gasteiger partial charge in [-0.15, -0.1) is 0 Å². The first-order chi connectivity index (χ1) is 9.63. The highest BCUT2D eigenvalue weighted by Crippen LogP contribution is 2.25. The van der Waals surface area contributed by atoms with E-state index in [0.717, 1.165) is 18.2 Å². The van der Waals surface area contributed by atoms with Crippen molar-refractivity contribution in [1.82, 2.24) is 10.3 Å². The molecule has 0 spiro atoms. The number of pyridine rings is 1. The summed E-state index contributed by atoms with van der Waals surface area (Å²) in [5, 5.41) is 3.40. The molecule has 1 heterocycles. The van der Waals surface area contributed by atoms with E-state index in [1.54, 1.807) is 0 Å². The maximum Gasteiger partial charge on any atom is 0.0891 e. The van der Waals surface area contributed by atoms with E-state index >= 15 is 0 Å². The Hall–Kier alpha value is -0.930. The molecule has 0 saturated heterocycles. The molecule has 112 valence electrons. The highest BCUT2D eigenvalue weighted by atomic mass is 16.5. The Kier molecular flexibility index (Phi) is 5.99. The normalized spacial score (nSPS) is 23.2. The van der Waals surface area contributed by atoms with E-state index in [4.69, 9.17) is 4.74 Å². The molecule has 0 bridgehead atoms. The predicted octanol–water partition coefficient (Wildman–Crippen LogP) is 3.67. The third kappa shape index (κ3) is 5.22. The van der Waals surface area contributed by atoms with Crippen molar-refractivity contribution in [3.05, 3.63) is 29.6 Å². The largest absolute Gasteiger partial charge is 0.372 e. The van der Waals surface area contributed by atoms with Crippen LogP contribution < -0.4 is 5.32 Å². The summed E-state index contributed by atoms with van der Waals surface area (Å²) in [6.07, 6.45) is 7.41. The second-order valence-electron chi connectivity index (χ2n) is 6.39. The molecule has 0 aliphatic heterocycles. The van der Waals surface area contributed by atoms with Crippen molar-refractivity contribution in [2.75, 3.05) is 0 Å². The fourth-order valence-corrected chi connectivity index (χ4v) is 2.57. The summed E-state index contributed by atoms with van der Waals surface area (Å²) in [6, 6.07) is 4.74. The molecule has 1 saturated carbocycles. The van der Waals surface area contributed by atoms with Crippen LogP contribution in [0.1, 0.15) is 57.7 Å². The van der Waals surface area contributed by atoms with E-state index in [2.05, 4.69) is 43.2 Å². The molecule has 0 atom stereocenters. The molecule has 0 aromatic carbocycles. The third-order valence-electron chi connectivity index (χ3n) is 4.03. The van der Waals surface area contributed by atoms with E-state index < -0.39 is 0 Å². The number of nitrogens with zero attached hydrogens (tertiary/aromatic N) is 1. The van der Waals surface area contributed by atoms with E-state index in [-0.39, 0.29) is 0 Å². The lowest BCUT2D eigenvalue weighted by atomic mass is 9.89.